The van der Waals surface area contributed by atoms with E-state index in [2.05, 4.69) is 19.7 Å². The Hall–Kier alpha value is -3.28. The lowest BCUT2D eigenvalue weighted by molar-refractivity contribution is 0.417. The molecule has 0 atom stereocenters. The van der Waals surface area contributed by atoms with E-state index in [-0.39, 0.29) is 12.4 Å². The maximum absolute atomic E-state index is 11.6. The van der Waals surface area contributed by atoms with Crippen LogP contribution in [0.25, 0.3) is 21.8 Å². The van der Waals surface area contributed by atoms with Crippen LogP contribution in [0, 0.1) is 0 Å². The van der Waals surface area contributed by atoms with Gasteiger partial charge < -0.3 is 10.1 Å². The molecule has 0 aliphatic rings. The monoisotopic (exact) mass is 522 g/mol. The molecule has 4 aromatic rings. The Morgan fingerprint density at radius 3 is 2.00 bits per heavy atom. The second-order valence-corrected chi connectivity index (χ2v) is 11.0. The van der Waals surface area contributed by atoms with Crippen molar-refractivity contribution in [1.82, 2.24) is 4.98 Å². The number of benzene rings is 3. The van der Waals surface area contributed by atoms with Crippen molar-refractivity contribution in [3.8, 4) is 5.75 Å². The summed E-state index contributed by atoms with van der Waals surface area (Å²) in [5.41, 5.74) is 3.47. The quantitative estimate of drug-likeness (QED) is 0.309. The highest BCUT2D eigenvalue weighted by atomic mass is 35.5. The molecule has 0 saturated carbocycles. The Balaban J connectivity index is 0.00000324. The zero-order valence-electron chi connectivity index (χ0n) is 18.5. The molecule has 1 aromatic heterocycles. The molecule has 0 saturated heterocycles. The van der Waals surface area contributed by atoms with Crippen LogP contribution in [0.1, 0.15) is 0 Å². The van der Waals surface area contributed by atoms with Gasteiger partial charge in [0.15, 0.2) is 0 Å². The molecule has 34 heavy (non-hydrogen) atoms. The number of hydrogen-bond acceptors (Lipinski definition) is 7. The van der Waals surface area contributed by atoms with Gasteiger partial charge in [0.05, 0.1) is 53.4 Å². The van der Waals surface area contributed by atoms with Crippen LogP contribution in [0.15, 0.2) is 60.7 Å². The second kappa shape index (κ2) is 9.53. The molecule has 0 radical (unpaired) electrons. The van der Waals surface area contributed by atoms with Crippen LogP contribution in [-0.2, 0) is 20.0 Å². The molecule has 0 aliphatic heterocycles. The zero-order valence-corrected chi connectivity index (χ0v) is 20.9. The SMILES string of the molecule is COc1cc(NS(C)(=O)=O)ccc1Nc1c2ccccc2nc2cc(NS(C)(=O)=O)ccc12.Cl. The molecule has 180 valence electrons. The maximum atomic E-state index is 11.6. The van der Waals surface area contributed by atoms with Crippen LogP contribution in [0.2, 0.25) is 0 Å². The van der Waals surface area contributed by atoms with Gasteiger partial charge in [-0.15, -0.1) is 12.4 Å². The number of sulfonamides is 2. The Morgan fingerprint density at radius 2 is 1.35 bits per heavy atom. The number of ether oxygens (including phenoxy) is 1. The van der Waals surface area contributed by atoms with Crippen molar-refractivity contribution in [3.63, 3.8) is 0 Å². The highest BCUT2D eigenvalue weighted by Gasteiger charge is 2.14. The summed E-state index contributed by atoms with van der Waals surface area (Å²) in [4.78, 5) is 4.68. The maximum Gasteiger partial charge on any atom is 0.229 e. The van der Waals surface area contributed by atoms with Gasteiger partial charge in [0.25, 0.3) is 0 Å². The van der Waals surface area contributed by atoms with E-state index < -0.39 is 20.0 Å². The van der Waals surface area contributed by atoms with Gasteiger partial charge in [-0.1, -0.05) is 18.2 Å². The fourth-order valence-corrected chi connectivity index (χ4v) is 4.62. The van der Waals surface area contributed by atoms with Gasteiger partial charge in [0.2, 0.25) is 20.0 Å². The highest BCUT2D eigenvalue weighted by molar-refractivity contribution is 7.92. The van der Waals surface area contributed by atoms with Crippen molar-refractivity contribution in [2.45, 2.75) is 0 Å². The minimum atomic E-state index is -3.43. The molecule has 3 aromatic carbocycles. The third-order valence-electron chi connectivity index (χ3n) is 4.75. The molecule has 4 rings (SSSR count). The van der Waals surface area contributed by atoms with Crippen LogP contribution >= 0.6 is 12.4 Å². The van der Waals surface area contributed by atoms with Crippen LogP contribution in [0.3, 0.4) is 0 Å². The van der Waals surface area contributed by atoms with Gasteiger partial charge in [-0.2, -0.15) is 0 Å². The minimum Gasteiger partial charge on any atom is -0.494 e. The van der Waals surface area contributed by atoms with Gasteiger partial charge in [-0.25, -0.2) is 21.8 Å². The summed E-state index contributed by atoms with van der Waals surface area (Å²) in [5.74, 6) is 0.438. The van der Waals surface area contributed by atoms with Crippen LogP contribution < -0.4 is 19.5 Å². The third-order valence-corrected chi connectivity index (χ3v) is 5.96. The number of pyridine rings is 1. The van der Waals surface area contributed by atoms with E-state index in [0.717, 1.165) is 34.5 Å². The van der Waals surface area contributed by atoms with Crippen molar-refractivity contribution < 1.29 is 21.6 Å². The van der Waals surface area contributed by atoms with Gasteiger partial charge in [0.1, 0.15) is 5.75 Å². The first kappa shape index (κ1) is 25.3. The van der Waals surface area contributed by atoms with E-state index >= 15 is 0 Å². The van der Waals surface area contributed by atoms with Crippen molar-refractivity contribution in [2.75, 3.05) is 34.4 Å². The van der Waals surface area contributed by atoms with Crippen molar-refractivity contribution in [1.29, 1.82) is 0 Å². The zero-order chi connectivity index (χ0) is 23.8. The Morgan fingerprint density at radius 1 is 0.765 bits per heavy atom. The van der Waals surface area contributed by atoms with Crippen LogP contribution in [0.5, 0.6) is 5.75 Å². The highest BCUT2D eigenvalue weighted by Crippen LogP contribution is 2.37. The molecule has 9 nitrogen and oxygen atoms in total. The largest absolute Gasteiger partial charge is 0.494 e. The number of nitrogens with one attached hydrogen (secondary N) is 3. The molecule has 1 heterocycles. The van der Waals surface area contributed by atoms with Crippen LogP contribution in [0.4, 0.5) is 22.7 Å². The number of anilines is 4. The number of aromatic nitrogens is 1. The van der Waals surface area contributed by atoms with Crippen LogP contribution in [-0.4, -0.2) is 41.4 Å². The lowest BCUT2D eigenvalue weighted by Crippen LogP contribution is -2.10. The molecule has 0 amide bonds. The van der Waals surface area contributed by atoms with E-state index in [0.29, 0.717) is 28.3 Å². The van der Waals surface area contributed by atoms with Crippen molar-refractivity contribution in [2.24, 2.45) is 0 Å². The molecule has 0 fully saturated rings. The summed E-state index contributed by atoms with van der Waals surface area (Å²) in [6.07, 6.45) is 2.17. The summed E-state index contributed by atoms with van der Waals surface area (Å²) in [7, 11) is -5.37. The number of methoxy groups -OCH3 is 1. The molecular formula is C22H23ClN4O5S2. The fourth-order valence-electron chi connectivity index (χ4n) is 3.51. The number of rotatable bonds is 7. The summed E-state index contributed by atoms with van der Waals surface area (Å²) in [6, 6.07) is 17.6. The van der Waals surface area contributed by atoms with Gasteiger partial charge in [-0.3, -0.25) is 9.44 Å². The van der Waals surface area contributed by atoms with Gasteiger partial charge >= 0.3 is 0 Å². The Labute approximate surface area is 204 Å². The number of halogens is 1. The van der Waals surface area contributed by atoms with E-state index in [4.69, 9.17) is 4.74 Å². The lowest BCUT2D eigenvalue weighted by atomic mass is 10.1. The van der Waals surface area contributed by atoms with Gasteiger partial charge in [-0.05, 0) is 36.4 Å². The summed E-state index contributed by atoms with van der Waals surface area (Å²) >= 11 is 0. The predicted octanol–water partition coefficient (Wildman–Crippen LogP) is 4.31. The number of nitrogens with zero attached hydrogens (tertiary/aromatic N) is 1. The average Bonchev–Trinajstić information content (AvgIpc) is 2.72. The van der Waals surface area contributed by atoms with Crippen molar-refractivity contribution in [3.05, 3.63) is 60.7 Å². The molecule has 0 spiro atoms. The molecule has 0 aliphatic carbocycles. The topological polar surface area (TPSA) is 126 Å². The number of hydrogen-bond donors (Lipinski definition) is 3. The first-order valence-corrected chi connectivity index (χ1v) is 13.5. The Kier molecular flexibility index (Phi) is 7.10. The number of fused-ring (bicyclic) bond motifs is 2. The molecule has 12 heteroatoms. The molecule has 3 N–H and O–H groups in total. The molecular weight excluding hydrogens is 500 g/mol. The molecule has 0 unspecified atom stereocenters. The number of para-hydroxylation sites is 1. The summed E-state index contributed by atoms with van der Waals surface area (Å²) in [6.45, 7) is 0. The average molecular weight is 523 g/mol. The standard InChI is InChI=1S/C22H22N4O5S2.ClH/c1-31-21-13-15(26-33(3,29)30)9-11-19(21)24-22-16-6-4-5-7-18(16)23-20-12-14(8-10-17(20)22)25-32(2,27)28;/h4-13,25-26H,1-3H3,(H,23,24);1H. The van der Waals surface area contributed by atoms with E-state index in [1.807, 2.05) is 24.3 Å². The van der Waals surface area contributed by atoms with E-state index in [1.165, 1.54) is 7.11 Å². The third kappa shape index (κ3) is 5.79. The molecule has 0 bridgehead atoms. The Bertz CT molecular complexity index is 1590. The first-order valence-electron chi connectivity index (χ1n) is 9.75. The fraction of sp³-hybridized carbons (Fsp3) is 0.136. The van der Waals surface area contributed by atoms with Gasteiger partial charge in [0, 0.05) is 16.8 Å². The smallest absolute Gasteiger partial charge is 0.229 e. The lowest BCUT2D eigenvalue weighted by Gasteiger charge is -2.17. The predicted molar refractivity (Wildman–Crippen MR) is 140 cm³/mol. The summed E-state index contributed by atoms with van der Waals surface area (Å²) in [5, 5.41) is 5.01. The normalized spacial score (nSPS) is 11.6. The van der Waals surface area contributed by atoms with Crippen molar-refractivity contribution >= 4 is 77.0 Å². The second-order valence-electron chi connectivity index (χ2n) is 7.52. The first-order chi connectivity index (χ1) is 15.5. The van der Waals surface area contributed by atoms with E-state index in [9.17, 15) is 16.8 Å². The minimum absolute atomic E-state index is 0. The van der Waals surface area contributed by atoms with E-state index in [1.54, 1.807) is 36.4 Å². The summed E-state index contributed by atoms with van der Waals surface area (Å²) < 4.78 is 56.8.